The predicted octanol–water partition coefficient (Wildman–Crippen LogP) is 2.75. The first-order chi connectivity index (χ1) is 7.15. The van der Waals surface area contributed by atoms with Gasteiger partial charge in [-0.15, -0.1) is 0 Å². The molecule has 0 unspecified atom stereocenters. The van der Waals surface area contributed by atoms with Gasteiger partial charge in [0.25, 0.3) is 0 Å². The van der Waals surface area contributed by atoms with Crippen molar-refractivity contribution >= 4 is 17.6 Å². The fourth-order valence-corrected chi connectivity index (χ4v) is 2.16. The van der Waals surface area contributed by atoms with Gasteiger partial charge in [-0.1, -0.05) is 13.0 Å². The first kappa shape index (κ1) is 12.0. The van der Waals surface area contributed by atoms with Gasteiger partial charge in [-0.2, -0.15) is 11.8 Å². The maximum Gasteiger partial charge on any atom is 0.123 e. The molecule has 82 valence electrons. The molecule has 1 aromatic carbocycles. The van der Waals surface area contributed by atoms with Crippen LogP contribution in [0.25, 0.3) is 0 Å². The van der Waals surface area contributed by atoms with Crippen molar-refractivity contribution in [2.45, 2.75) is 19.1 Å². The fraction of sp³-hybridized carbons (Fsp3) is 0.364. The van der Waals surface area contributed by atoms with Crippen molar-refractivity contribution in [3.8, 4) is 0 Å². The molecule has 0 spiro atoms. The zero-order valence-corrected chi connectivity index (χ0v) is 9.53. The summed E-state index contributed by atoms with van der Waals surface area (Å²) in [6, 6.07) is 4.44. The highest BCUT2D eigenvalue weighted by atomic mass is 32.2. The summed E-state index contributed by atoms with van der Waals surface area (Å²) in [5.41, 5.74) is 6.84. The molecule has 0 fully saturated rings. The molecular formula is C11H15FN2S. The molecule has 0 bridgehead atoms. The van der Waals surface area contributed by atoms with Gasteiger partial charge < -0.3 is 5.73 Å². The number of benzene rings is 1. The minimum Gasteiger partial charge on any atom is -0.384 e. The molecular weight excluding hydrogens is 211 g/mol. The highest BCUT2D eigenvalue weighted by molar-refractivity contribution is 7.98. The molecule has 0 aromatic heterocycles. The van der Waals surface area contributed by atoms with Crippen molar-refractivity contribution in [2.24, 2.45) is 5.73 Å². The van der Waals surface area contributed by atoms with E-state index in [1.807, 2.05) is 0 Å². The Bertz CT molecular complexity index is 352. The van der Waals surface area contributed by atoms with Crippen molar-refractivity contribution < 1.29 is 4.39 Å². The molecule has 0 heterocycles. The van der Waals surface area contributed by atoms with Gasteiger partial charge in [0.2, 0.25) is 0 Å². The zero-order chi connectivity index (χ0) is 11.3. The summed E-state index contributed by atoms with van der Waals surface area (Å²) >= 11 is 1.77. The number of hydrogen-bond donors (Lipinski definition) is 2. The van der Waals surface area contributed by atoms with Gasteiger partial charge in [0.05, 0.1) is 0 Å². The van der Waals surface area contributed by atoms with Gasteiger partial charge in [-0.05, 0) is 29.9 Å². The van der Waals surface area contributed by atoms with Gasteiger partial charge in [-0.25, -0.2) is 4.39 Å². The zero-order valence-electron chi connectivity index (χ0n) is 8.72. The quantitative estimate of drug-likeness (QED) is 0.461. The van der Waals surface area contributed by atoms with E-state index in [2.05, 4.69) is 6.92 Å². The third-order valence-corrected chi connectivity index (χ3v) is 3.18. The summed E-state index contributed by atoms with van der Waals surface area (Å²) in [7, 11) is 0. The SMILES string of the molecule is CCCSCc1ccc(F)cc1C(=N)N. The standard InChI is InChI=1S/C11H15FN2S/c1-2-5-15-7-8-3-4-9(12)6-10(8)11(13)14/h3-4,6H,2,5,7H2,1H3,(H3,13,14). The lowest BCUT2D eigenvalue weighted by Gasteiger charge is -2.07. The number of thioether (sulfide) groups is 1. The largest absolute Gasteiger partial charge is 0.384 e. The molecule has 15 heavy (non-hydrogen) atoms. The molecule has 0 atom stereocenters. The Kier molecular flexibility index (Phi) is 4.62. The molecule has 3 N–H and O–H groups in total. The molecule has 0 aliphatic rings. The number of hydrogen-bond acceptors (Lipinski definition) is 2. The molecule has 0 radical (unpaired) electrons. The summed E-state index contributed by atoms with van der Waals surface area (Å²) in [6.07, 6.45) is 1.11. The summed E-state index contributed by atoms with van der Waals surface area (Å²) < 4.78 is 12.9. The molecule has 2 nitrogen and oxygen atoms in total. The monoisotopic (exact) mass is 226 g/mol. The van der Waals surface area contributed by atoms with E-state index in [4.69, 9.17) is 11.1 Å². The van der Waals surface area contributed by atoms with Crippen LogP contribution in [0.15, 0.2) is 18.2 Å². The molecule has 0 aliphatic heterocycles. The van der Waals surface area contributed by atoms with E-state index in [-0.39, 0.29) is 11.7 Å². The second-order valence-electron chi connectivity index (χ2n) is 3.27. The highest BCUT2D eigenvalue weighted by Gasteiger charge is 2.06. The van der Waals surface area contributed by atoms with Gasteiger partial charge in [0, 0.05) is 11.3 Å². The minimum absolute atomic E-state index is 0.0680. The maximum atomic E-state index is 12.9. The van der Waals surface area contributed by atoms with E-state index in [1.165, 1.54) is 12.1 Å². The number of amidine groups is 1. The van der Waals surface area contributed by atoms with Crippen LogP contribution in [-0.4, -0.2) is 11.6 Å². The van der Waals surface area contributed by atoms with Crippen LogP contribution < -0.4 is 5.73 Å². The van der Waals surface area contributed by atoms with Crippen LogP contribution in [0.1, 0.15) is 24.5 Å². The minimum atomic E-state index is -0.343. The lowest BCUT2D eigenvalue weighted by Crippen LogP contribution is -2.14. The summed E-state index contributed by atoms with van der Waals surface area (Å²) in [5, 5.41) is 7.36. The Labute approximate surface area is 93.6 Å². The molecule has 0 aliphatic carbocycles. The summed E-state index contributed by atoms with van der Waals surface area (Å²) in [5.74, 6) is 1.43. The topological polar surface area (TPSA) is 49.9 Å². The third kappa shape index (κ3) is 3.55. The van der Waals surface area contributed by atoms with Gasteiger partial charge in [-0.3, -0.25) is 5.41 Å². The normalized spacial score (nSPS) is 10.3. The molecule has 4 heteroatoms. The van der Waals surface area contributed by atoms with E-state index in [9.17, 15) is 4.39 Å². The van der Waals surface area contributed by atoms with E-state index in [0.29, 0.717) is 5.56 Å². The Morgan fingerprint density at radius 2 is 2.27 bits per heavy atom. The Balaban J connectivity index is 2.81. The van der Waals surface area contributed by atoms with Crippen LogP contribution >= 0.6 is 11.8 Å². The molecule has 1 rings (SSSR count). The highest BCUT2D eigenvalue weighted by Crippen LogP contribution is 2.18. The van der Waals surface area contributed by atoms with E-state index < -0.39 is 0 Å². The average Bonchev–Trinajstić information content (AvgIpc) is 2.20. The van der Waals surface area contributed by atoms with Gasteiger partial charge in [0.1, 0.15) is 11.7 Å². The predicted molar refractivity (Wildman–Crippen MR) is 63.9 cm³/mol. The van der Waals surface area contributed by atoms with Crippen LogP contribution in [0, 0.1) is 11.2 Å². The van der Waals surface area contributed by atoms with Crippen molar-refractivity contribution in [1.29, 1.82) is 5.41 Å². The third-order valence-electron chi connectivity index (χ3n) is 1.97. The van der Waals surface area contributed by atoms with Crippen molar-refractivity contribution in [3.63, 3.8) is 0 Å². The lowest BCUT2D eigenvalue weighted by atomic mass is 10.1. The maximum absolute atomic E-state index is 12.9. The van der Waals surface area contributed by atoms with Crippen LogP contribution in [0.3, 0.4) is 0 Å². The van der Waals surface area contributed by atoms with Gasteiger partial charge in [0.15, 0.2) is 0 Å². The summed E-state index contributed by atoms with van der Waals surface area (Å²) in [6.45, 7) is 2.11. The Morgan fingerprint density at radius 1 is 1.53 bits per heavy atom. The van der Waals surface area contributed by atoms with Crippen LogP contribution in [0.5, 0.6) is 0 Å². The molecule has 0 saturated carbocycles. The number of rotatable bonds is 5. The second kappa shape index (κ2) is 5.75. The van der Waals surface area contributed by atoms with Gasteiger partial charge >= 0.3 is 0 Å². The van der Waals surface area contributed by atoms with Crippen molar-refractivity contribution in [2.75, 3.05) is 5.75 Å². The van der Waals surface area contributed by atoms with E-state index >= 15 is 0 Å². The summed E-state index contributed by atoms with van der Waals surface area (Å²) in [4.78, 5) is 0. The van der Waals surface area contributed by atoms with E-state index in [0.717, 1.165) is 23.5 Å². The van der Waals surface area contributed by atoms with Crippen molar-refractivity contribution in [3.05, 3.63) is 35.1 Å². The number of nitrogens with one attached hydrogen (secondary N) is 1. The lowest BCUT2D eigenvalue weighted by molar-refractivity contribution is 0.627. The fourth-order valence-electron chi connectivity index (χ4n) is 1.25. The smallest absolute Gasteiger partial charge is 0.123 e. The Hall–Kier alpha value is -1.03. The molecule has 0 amide bonds. The molecule has 1 aromatic rings. The first-order valence-corrected chi connectivity index (χ1v) is 6.01. The van der Waals surface area contributed by atoms with E-state index in [1.54, 1.807) is 17.8 Å². The Morgan fingerprint density at radius 3 is 2.87 bits per heavy atom. The number of nitrogen functional groups attached to an aromatic ring is 1. The average molecular weight is 226 g/mol. The van der Waals surface area contributed by atoms with Crippen LogP contribution in [0.2, 0.25) is 0 Å². The first-order valence-electron chi connectivity index (χ1n) is 4.85. The van der Waals surface area contributed by atoms with Crippen molar-refractivity contribution in [1.82, 2.24) is 0 Å². The number of halogens is 1. The van der Waals surface area contributed by atoms with Crippen LogP contribution in [-0.2, 0) is 5.75 Å². The second-order valence-corrected chi connectivity index (χ2v) is 4.37. The molecule has 0 saturated heterocycles. The van der Waals surface area contributed by atoms with Crippen LogP contribution in [0.4, 0.5) is 4.39 Å². The number of nitrogens with two attached hydrogens (primary N) is 1.